The van der Waals surface area contributed by atoms with Gasteiger partial charge < -0.3 is 5.32 Å². The van der Waals surface area contributed by atoms with Crippen LogP contribution in [0.3, 0.4) is 0 Å². The van der Waals surface area contributed by atoms with Crippen LogP contribution >= 0.6 is 0 Å². The molecule has 1 heterocycles. The Morgan fingerprint density at radius 2 is 1.85 bits per heavy atom. The van der Waals surface area contributed by atoms with Crippen LogP contribution in [-0.2, 0) is 20.6 Å². The van der Waals surface area contributed by atoms with E-state index < -0.39 is 10.0 Å². The lowest BCUT2D eigenvalue weighted by Gasteiger charge is -2.30. The van der Waals surface area contributed by atoms with Crippen LogP contribution < -0.4 is 5.32 Å². The van der Waals surface area contributed by atoms with Crippen LogP contribution in [0.5, 0.6) is 0 Å². The Bertz CT molecular complexity index is 782. The summed E-state index contributed by atoms with van der Waals surface area (Å²) in [5.41, 5.74) is 1.87. The minimum Gasteiger partial charge on any atom is -0.352 e. The third kappa shape index (κ3) is 5.62. The van der Waals surface area contributed by atoms with E-state index >= 15 is 0 Å². The molecule has 148 valence electrons. The highest BCUT2D eigenvalue weighted by atomic mass is 32.2. The molecule has 7 heteroatoms. The van der Waals surface area contributed by atoms with E-state index in [4.69, 9.17) is 0 Å². The zero-order valence-corrected chi connectivity index (χ0v) is 16.3. The lowest BCUT2D eigenvalue weighted by molar-refractivity contribution is -0.125. The fourth-order valence-corrected chi connectivity index (χ4v) is 5.25. The summed E-state index contributed by atoms with van der Waals surface area (Å²) in [5.74, 6) is -0.631. The number of nitrogens with zero attached hydrogens (tertiary/aromatic N) is 1. The fraction of sp³-hybridized carbons (Fsp3) is 0.550. The van der Waals surface area contributed by atoms with Crippen LogP contribution in [0, 0.1) is 11.7 Å². The molecule has 1 fully saturated rings. The number of piperidine rings is 1. The van der Waals surface area contributed by atoms with Crippen molar-refractivity contribution in [2.45, 2.75) is 44.3 Å². The molecule has 3 rings (SSSR count). The lowest BCUT2D eigenvalue weighted by atomic mass is 9.96. The second-order valence-electron chi connectivity index (χ2n) is 7.38. The van der Waals surface area contributed by atoms with Crippen LogP contribution in [0.2, 0.25) is 0 Å². The molecule has 0 bridgehead atoms. The maximum atomic E-state index is 13.0. The van der Waals surface area contributed by atoms with Gasteiger partial charge in [0.2, 0.25) is 15.9 Å². The van der Waals surface area contributed by atoms with Gasteiger partial charge in [-0.25, -0.2) is 17.1 Å². The Balaban J connectivity index is 1.47. The highest BCUT2D eigenvalue weighted by Gasteiger charge is 2.31. The number of carbonyl (C=O) groups is 1. The first-order valence-corrected chi connectivity index (χ1v) is 11.2. The molecule has 1 saturated heterocycles. The number of hydrogen-bond donors (Lipinski definition) is 1. The van der Waals surface area contributed by atoms with E-state index in [0.29, 0.717) is 38.0 Å². The van der Waals surface area contributed by atoms with Crippen molar-refractivity contribution in [3.8, 4) is 0 Å². The summed E-state index contributed by atoms with van der Waals surface area (Å²) >= 11 is 0. The summed E-state index contributed by atoms with van der Waals surface area (Å²) in [7, 11) is -3.46. The van der Waals surface area contributed by atoms with Gasteiger partial charge in [0.05, 0.1) is 5.75 Å². The van der Waals surface area contributed by atoms with Crippen LogP contribution in [0.15, 0.2) is 35.9 Å². The van der Waals surface area contributed by atoms with Gasteiger partial charge >= 0.3 is 0 Å². The quantitative estimate of drug-likeness (QED) is 0.755. The van der Waals surface area contributed by atoms with Gasteiger partial charge in [-0.15, -0.1) is 0 Å². The van der Waals surface area contributed by atoms with Crippen molar-refractivity contribution in [1.29, 1.82) is 0 Å². The Labute approximate surface area is 160 Å². The summed E-state index contributed by atoms with van der Waals surface area (Å²) in [6, 6.07) is 5.52. The number of amides is 1. The molecule has 1 aliphatic heterocycles. The number of sulfonamides is 1. The van der Waals surface area contributed by atoms with Crippen LogP contribution in [-0.4, -0.2) is 38.3 Å². The van der Waals surface area contributed by atoms with Gasteiger partial charge in [0, 0.05) is 25.6 Å². The van der Waals surface area contributed by atoms with E-state index in [0.717, 1.165) is 12.8 Å². The summed E-state index contributed by atoms with van der Waals surface area (Å²) in [5, 5.41) is 3.01. The van der Waals surface area contributed by atoms with Crippen LogP contribution in [0.1, 0.15) is 44.1 Å². The van der Waals surface area contributed by atoms with E-state index in [2.05, 4.69) is 11.4 Å². The number of allylic oxidation sites excluding steroid dienone is 1. The van der Waals surface area contributed by atoms with Crippen molar-refractivity contribution in [1.82, 2.24) is 9.62 Å². The first-order valence-electron chi connectivity index (χ1n) is 9.62. The monoisotopic (exact) mass is 394 g/mol. The summed E-state index contributed by atoms with van der Waals surface area (Å²) in [6.45, 7) is 1.32. The standard InChI is InChI=1S/C20H27FN2O3S/c21-19-8-6-17(7-9-19)15-27(25,26)23-12-10-18(11-13-23)20(24)22-14-16-4-2-1-3-5-16/h4,6-9,18H,1-3,5,10-15H2,(H,22,24). The molecule has 0 spiro atoms. The van der Waals surface area contributed by atoms with Crippen molar-refractivity contribution in [3.63, 3.8) is 0 Å². The van der Waals surface area contributed by atoms with E-state index in [1.807, 2.05) is 0 Å². The average molecular weight is 395 g/mol. The molecule has 0 atom stereocenters. The van der Waals surface area contributed by atoms with Crippen molar-refractivity contribution in [2.75, 3.05) is 19.6 Å². The SMILES string of the molecule is O=C(NCC1=CCCCC1)C1CCN(S(=O)(=O)Cc2ccc(F)cc2)CC1. The van der Waals surface area contributed by atoms with Crippen molar-refractivity contribution >= 4 is 15.9 Å². The second-order valence-corrected chi connectivity index (χ2v) is 9.35. The summed E-state index contributed by atoms with van der Waals surface area (Å²) < 4.78 is 39.6. The molecular weight excluding hydrogens is 367 g/mol. The van der Waals surface area contributed by atoms with Gasteiger partial charge in [0.1, 0.15) is 5.82 Å². The first-order chi connectivity index (χ1) is 12.9. The summed E-state index contributed by atoms with van der Waals surface area (Å²) in [4.78, 5) is 12.4. The lowest BCUT2D eigenvalue weighted by Crippen LogP contribution is -2.43. The molecule has 2 aliphatic rings. The zero-order valence-electron chi connectivity index (χ0n) is 15.5. The van der Waals surface area contributed by atoms with Gasteiger partial charge in [-0.05, 0) is 56.2 Å². The van der Waals surface area contributed by atoms with E-state index in [-0.39, 0.29) is 23.4 Å². The summed E-state index contributed by atoms with van der Waals surface area (Å²) in [6.07, 6.45) is 7.85. The Kier molecular flexibility index (Phi) is 6.65. The smallest absolute Gasteiger partial charge is 0.223 e. The average Bonchev–Trinajstić information content (AvgIpc) is 2.69. The largest absolute Gasteiger partial charge is 0.352 e. The third-order valence-electron chi connectivity index (χ3n) is 5.36. The molecular formula is C20H27FN2O3S. The van der Waals surface area contributed by atoms with E-state index in [1.165, 1.54) is 47.0 Å². The van der Waals surface area contributed by atoms with Crippen LogP contribution in [0.4, 0.5) is 4.39 Å². The number of benzene rings is 1. The predicted molar refractivity (Wildman–Crippen MR) is 103 cm³/mol. The molecule has 5 nitrogen and oxygen atoms in total. The van der Waals surface area contributed by atoms with Gasteiger partial charge in [0.15, 0.2) is 0 Å². The van der Waals surface area contributed by atoms with Gasteiger partial charge in [-0.1, -0.05) is 23.8 Å². The first kappa shape index (κ1) is 20.0. The Morgan fingerprint density at radius 1 is 1.15 bits per heavy atom. The van der Waals surface area contributed by atoms with E-state index in [1.54, 1.807) is 0 Å². The molecule has 0 unspecified atom stereocenters. The van der Waals surface area contributed by atoms with Gasteiger partial charge in [-0.2, -0.15) is 0 Å². The number of nitrogens with one attached hydrogen (secondary N) is 1. The molecule has 1 N–H and O–H groups in total. The van der Waals surface area contributed by atoms with Crippen molar-refractivity contribution in [2.24, 2.45) is 5.92 Å². The predicted octanol–water partition coefficient (Wildman–Crippen LogP) is 2.98. The molecule has 1 aliphatic carbocycles. The second kappa shape index (κ2) is 8.97. The number of rotatable bonds is 6. The van der Waals surface area contributed by atoms with Gasteiger partial charge in [0.25, 0.3) is 0 Å². The highest BCUT2D eigenvalue weighted by Crippen LogP contribution is 2.22. The molecule has 1 aromatic rings. The third-order valence-corrected chi connectivity index (χ3v) is 7.21. The zero-order chi connectivity index (χ0) is 19.3. The molecule has 0 radical (unpaired) electrons. The number of hydrogen-bond acceptors (Lipinski definition) is 3. The molecule has 27 heavy (non-hydrogen) atoms. The molecule has 0 aromatic heterocycles. The molecule has 0 saturated carbocycles. The minimum atomic E-state index is -3.46. The Hall–Kier alpha value is -1.73. The van der Waals surface area contributed by atoms with Gasteiger partial charge in [-0.3, -0.25) is 4.79 Å². The van der Waals surface area contributed by atoms with Crippen molar-refractivity contribution < 1.29 is 17.6 Å². The Morgan fingerprint density at radius 3 is 2.48 bits per heavy atom. The fourth-order valence-electron chi connectivity index (χ4n) is 3.69. The normalized spacial score (nSPS) is 19.5. The molecule has 1 aromatic carbocycles. The van der Waals surface area contributed by atoms with Crippen LogP contribution in [0.25, 0.3) is 0 Å². The van der Waals surface area contributed by atoms with Crippen molar-refractivity contribution in [3.05, 3.63) is 47.3 Å². The molecule has 1 amide bonds. The maximum Gasteiger partial charge on any atom is 0.223 e. The minimum absolute atomic E-state index is 0.0251. The highest BCUT2D eigenvalue weighted by molar-refractivity contribution is 7.88. The maximum absolute atomic E-state index is 13.0. The topological polar surface area (TPSA) is 66.5 Å². The number of halogens is 1. The number of carbonyl (C=O) groups excluding carboxylic acids is 1. The van der Waals surface area contributed by atoms with E-state index in [9.17, 15) is 17.6 Å².